The summed E-state index contributed by atoms with van der Waals surface area (Å²) >= 11 is 5.95. The van der Waals surface area contributed by atoms with E-state index in [-0.39, 0.29) is 17.0 Å². The first-order valence-corrected chi connectivity index (χ1v) is 9.19. The van der Waals surface area contributed by atoms with Crippen LogP contribution in [0.3, 0.4) is 0 Å². The zero-order valence-corrected chi connectivity index (χ0v) is 16.4. The Kier molecular flexibility index (Phi) is 18.5. The average Bonchev–Trinajstić information content (AvgIpc) is 2.44. The molecule has 0 aliphatic rings. The van der Waals surface area contributed by atoms with E-state index in [0.717, 1.165) is 5.88 Å². The van der Waals surface area contributed by atoms with Gasteiger partial charge in [-0.15, -0.1) is 11.6 Å². The number of hydrogen-bond acceptors (Lipinski definition) is 0. The molecule has 0 rings (SSSR count). The Bertz CT molecular complexity index is 166. The van der Waals surface area contributed by atoms with Gasteiger partial charge in [-0.1, -0.05) is 46.5 Å². The standard InChI is InChI=1S/C17H37ClN.BrH/c1-4-7-10-11-16-19(14-8-5-2,15-9-6-3)17-12-13-18;/h4-17H2,1-3H3;1H/q+1;/p-1. The zero-order valence-electron chi connectivity index (χ0n) is 14.1. The number of alkyl halides is 1. The van der Waals surface area contributed by atoms with Gasteiger partial charge in [-0.3, -0.25) is 0 Å². The van der Waals surface area contributed by atoms with Gasteiger partial charge in [0.15, 0.2) is 0 Å². The molecule has 0 aliphatic carbocycles. The number of halogens is 2. The molecule has 0 aromatic carbocycles. The van der Waals surface area contributed by atoms with E-state index in [0.29, 0.717) is 0 Å². The molecule has 0 N–H and O–H groups in total. The maximum Gasteiger partial charge on any atom is 0.0798 e. The smallest absolute Gasteiger partial charge is 0.0798 e. The fraction of sp³-hybridized carbons (Fsp3) is 1.00. The van der Waals surface area contributed by atoms with Crippen molar-refractivity contribution in [1.29, 1.82) is 0 Å². The monoisotopic (exact) mass is 369 g/mol. The molecule has 0 aromatic rings. The Labute approximate surface area is 143 Å². The van der Waals surface area contributed by atoms with Crippen molar-refractivity contribution in [2.75, 3.05) is 32.1 Å². The summed E-state index contributed by atoms with van der Waals surface area (Å²) in [5.41, 5.74) is 0. The lowest BCUT2D eigenvalue weighted by Crippen LogP contribution is -3.00. The van der Waals surface area contributed by atoms with Crippen LogP contribution in [0.1, 0.15) is 78.6 Å². The van der Waals surface area contributed by atoms with Crippen molar-refractivity contribution in [1.82, 2.24) is 0 Å². The lowest BCUT2D eigenvalue weighted by atomic mass is 10.1. The molecule has 3 heteroatoms. The van der Waals surface area contributed by atoms with E-state index in [2.05, 4.69) is 20.8 Å². The molecule has 20 heavy (non-hydrogen) atoms. The summed E-state index contributed by atoms with van der Waals surface area (Å²) in [6.07, 6.45) is 12.1. The van der Waals surface area contributed by atoms with E-state index in [4.69, 9.17) is 11.6 Å². The topological polar surface area (TPSA) is 0 Å². The third kappa shape index (κ3) is 11.4. The van der Waals surface area contributed by atoms with Gasteiger partial charge >= 0.3 is 0 Å². The maximum atomic E-state index is 5.95. The van der Waals surface area contributed by atoms with Gasteiger partial charge in [0.1, 0.15) is 0 Å². The van der Waals surface area contributed by atoms with E-state index < -0.39 is 0 Å². The van der Waals surface area contributed by atoms with Gasteiger partial charge < -0.3 is 21.5 Å². The van der Waals surface area contributed by atoms with Crippen molar-refractivity contribution in [2.45, 2.75) is 78.6 Å². The van der Waals surface area contributed by atoms with Crippen LogP contribution in [-0.4, -0.2) is 36.5 Å². The van der Waals surface area contributed by atoms with Gasteiger partial charge in [0, 0.05) is 12.3 Å². The van der Waals surface area contributed by atoms with Crippen LogP contribution in [0.25, 0.3) is 0 Å². The Morgan fingerprint density at radius 3 is 1.50 bits per heavy atom. The normalized spacial score (nSPS) is 11.4. The largest absolute Gasteiger partial charge is 1.00 e. The van der Waals surface area contributed by atoms with Gasteiger partial charge in [-0.25, -0.2) is 0 Å². The highest BCUT2D eigenvalue weighted by atomic mass is 79.9. The highest BCUT2D eigenvalue weighted by Crippen LogP contribution is 2.17. The van der Waals surface area contributed by atoms with E-state index in [1.54, 1.807) is 0 Å². The van der Waals surface area contributed by atoms with Crippen LogP contribution in [0.15, 0.2) is 0 Å². The molecule has 0 amide bonds. The molecule has 124 valence electrons. The van der Waals surface area contributed by atoms with Gasteiger partial charge in [-0.2, -0.15) is 0 Å². The molecule has 0 radical (unpaired) electrons. The maximum absolute atomic E-state index is 5.95. The SMILES string of the molecule is CCCCCC[N+](CCCC)(CCCC)CCCCl.[Br-]. The van der Waals surface area contributed by atoms with Crippen LogP contribution >= 0.6 is 11.6 Å². The second kappa shape index (κ2) is 16.1. The molecule has 0 aliphatic heterocycles. The minimum atomic E-state index is 0. The van der Waals surface area contributed by atoms with Crippen LogP contribution in [-0.2, 0) is 0 Å². The summed E-state index contributed by atoms with van der Waals surface area (Å²) in [7, 11) is 0. The molecule has 1 nitrogen and oxygen atoms in total. The van der Waals surface area contributed by atoms with Crippen molar-refractivity contribution in [3.8, 4) is 0 Å². The van der Waals surface area contributed by atoms with Crippen LogP contribution in [0.5, 0.6) is 0 Å². The fourth-order valence-electron chi connectivity index (χ4n) is 2.93. The lowest BCUT2D eigenvalue weighted by Gasteiger charge is -2.39. The van der Waals surface area contributed by atoms with Gasteiger partial charge in [0.05, 0.1) is 26.2 Å². The molecule has 0 atom stereocenters. The first-order chi connectivity index (χ1) is 9.24. The summed E-state index contributed by atoms with van der Waals surface area (Å²) in [6, 6.07) is 0. The average molecular weight is 371 g/mol. The second-order valence-electron chi connectivity index (χ2n) is 6.05. The summed E-state index contributed by atoms with van der Waals surface area (Å²) in [4.78, 5) is 0. The van der Waals surface area contributed by atoms with Gasteiger partial charge in [-0.05, 0) is 25.7 Å². The Balaban J connectivity index is 0. The molecule has 0 bridgehead atoms. The molecule has 0 aromatic heterocycles. The first-order valence-electron chi connectivity index (χ1n) is 8.65. The van der Waals surface area contributed by atoms with Crippen molar-refractivity contribution in [2.24, 2.45) is 0 Å². The fourth-order valence-corrected chi connectivity index (χ4v) is 3.05. The minimum absolute atomic E-state index is 0. The summed E-state index contributed by atoms with van der Waals surface area (Å²) in [5.74, 6) is 0.827. The molecule has 0 saturated heterocycles. The van der Waals surface area contributed by atoms with Gasteiger partial charge in [0.2, 0.25) is 0 Å². The molecular weight excluding hydrogens is 334 g/mol. The third-order valence-electron chi connectivity index (χ3n) is 4.22. The number of quaternary nitrogens is 1. The summed E-state index contributed by atoms with van der Waals surface area (Å²) in [5, 5.41) is 0. The highest BCUT2D eigenvalue weighted by molar-refractivity contribution is 6.17. The van der Waals surface area contributed by atoms with Crippen molar-refractivity contribution in [3.05, 3.63) is 0 Å². The van der Waals surface area contributed by atoms with Crippen molar-refractivity contribution < 1.29 is 21.5 Å². The Hall–Kier alpha value is 0.730. The van der Waals surface area contributed by atoms with Crippen LogP contribution < -0.4 is 17.0 Å². The predicted octanol–water partition coefficient (Wildman–Crippen LogP) is 2.62. The number of hydrogen-bond donors (Lipinski definition) is 0. The molecule has 0 fully saturated rings. The molecule has 0 saturated carbocycles. The molecule has 0 spiro atoms. The summed E-state index contributed by atoms with van der Waals surface area (Å²) in [6.45, 7) is 12.4. The number of unbranched alkanes of at least 4 members (excludes halogenated alkanes) is 5. The lowest BCUT2D eigenvalue weighted by molar-refractivity contribution is -0.928. The summed E-state index contributed by atoms with van der Waals surface area (Å²) < 4.78 is 1.35. The second-order valence-corrected chi connectivity index (χ2v) is 6.42. The van der Waals surface area contributed by atoms with Crippen molar-refractivity contribution >= 4 is 11.6 Å². The van der Waals surface area contributed by atoms with E-state index >= 15 is 0 Å². The van der Waals surface area contributed by atoms with E-state index in [9.17, 15) is 0 Å². The third-order valence-corrected chi connectivity index (χ3v) is 4.49. The quantitative estimate of drug-likeness (QED) is 0.250. The highest BCUT2D eigenvalue weighted by Gasteiger charge is 2.25. The Morgan fingerprint density at radius 1 is 0.600 bits per heavy atom. The molecular formula is C17H37BrClN. The predicted molar refractivity (Wildman–Crippen MR) is 89.0 cm³/mol. The number of rotatable bonds is 14. The minimum Gasteiger partial charge on any atom is -1.00 e. The number of nitrogens with zero attached hydrogens (tertiary/aromatic N) is 1. The molecule has 0 unspecified atom stereocenters. The molecule has 0 heterocycles. The zero-order chi connectivity index (χ0) is 14.4. The Morgan fingerprint density at radius 2 is 1.05 bits per heavy atom. The van der Waals surface area contributed by atoms with Crippen molar-refractivity contribution in [3.63, 3.8) is 0 Å². The van der Waals surface area contributed by atoms with Crippen LogP contribution in [0.2, 0.25) is 0 Å². The first kappa shape index (κ1) is 23.0. The van der Waals surface area contributed by atoms with E-state index in [1.165, 1.54) is 88.4 Å². The van der Waals surface area contributed by atoms with E-state index in [1.807, 2.05) is 0 Å². The van der Waals surface area contributed by atoms with Crippen LogP contribution in [0.4, 0.5) is 0 Å². The van der Waals surface area contributed by atoms with Crippen LogP contribution in [0, 0.1) is 0 Å². The van der Waals surface area contributed by atoms with Gasteiger partial charge in [0.25, 0.3) is 0 Å².